The summed E-state index contributed by atoms with van der Waals surface area (Å²) in [5, 5.41) is 2.77. The molecule has 0 aliphatic rings. The van der Waals surface area contributed by atoms with E-state index in [-0.39, 0.29) is 17.3 Å². The first-order valence-corrected chi connectivity index (χ1v) is 12.3. The van der Waals surface area contributed by atoms with Crippen LogP contribution in [0, 0.1) is 0 Å². The molecule has 0 saturated carbocycles. The number of aryl methyl sites for hydroxylation is 1. The van der Waals surface area contributed by atoms with Gasteiger partial charge in [-0.3, -0.25) is 9.59 Å². The molecule has 2 aromatic rings. The van der Waals surface area contributed by atoms with Crippen LogP contribution in [-0.4, -0.2) is 33.4 Å². The van der Waals surface area contributed by atoms with Crippen molar-refractivity contribution in [3.05, 3.63) is 58.6 Å². The monoisotopic (exact) mass is 510 g/mol. The van der Waals surface area contributed by atoms with Crippen LogP contribution in [0.2, 0.25) is 0 Å². The number of rotatable bonds is 11. The number of methoxy groups -OCH3 is 1. The lowest BCUT2D eigenvalue weighted by molar-refractivity contribution is -0.140. The van der Waals surface area contributed by atoms with E-state index in [1.807, 2.05) is 19.1 Å². The van der Waals surface area contributed by atoms with Crippen molar-refractivity contribution in [3.63, 3.8) is 0 Å². The van der Waals surface area contributed by atoms with E-state index in [1.165, 1.54) is 19.2 Å². The fourth-order valence-corrected chi connectivity index (χ4v) is 4.35. The van der Waals surface area contributed by atoms with Crippen molar-refractivity contribution in [2.75, 3.05) is 12.4 Å². The zero-order valence-electron chi connectivity index (χ0n) is 17.6. The molecule has 1 unspecified atom stereocenters. The molecule has 168 valence electrons. The number of benzene rings is 2. The van der Waals surface area contributed by atoms with E-state index in [4.69, 9.17) is 0 Å². The van der Waals surface area contributed by atoms with Crippen LogP contribution in [0.1, 0.15) is 38.2 Å². The van der Waals surface area contributed by atoms with Crippen molar-refractivity contribution in [1.82, 2.24) is 4.72 Å². The maximum absolute atomic E-state index is 12.8. The molecule has 0 fully saturated rings. The summed E-state index contributed by atoms with van der Waals surface area (Å²) < 4.78 is 33.4. The van der Waals surface area contributed by atoms with Crippen molar-refractivity contribution in [2.45, 2.75) is 50.0 Å². The molecule has 0 aromatic heterocycles. The van der Waals surface area contributed by atoms with Crippen molar-refractivity contribution in [2.24, 2.45) is 0 Å². The largest absolute Gasteiger partial charge is 0.469 e. The Labute approximate surface area is 191 Å². The number of hydrogen-bond donors (Lipinski definition) is 2. The van der Waals surface area contributed by atoms with Gasteiger partial charge < -0.3 is 10.1 Å². The molecule has 9 heteroatoms. The zero-order valence-corrected chi connectivity index (χ0v) is 20.0. The third-order valence-electron chi connectivity index (χ3n) is 4.65. The summed E-state index contributed by atoms with van der Waals surface area (Å²) in [6.07, 6.45) is 2.73. The van der Waals surface area contributed by atoms with Crippen LogP contribution in [0.3, 0.4) is 0 Å². The van der Waals surface area contributed by atoms with Crippen molar-refractivity contribution < 1.29 is 22.7 Å². The molecule has 2 N–H and O–H groups in total. The van der Waals surface area contributed by atoms with Gasteiger partial charge in [-0.2, -0.15) is 4.72 Å². The first-order chi connectivity index (χ1) is 14.7. The van der Waals surface area contributed by atoms with Crippen LogP contribution in [0.4, 0.5) is 5.69 Å². The topological polar surface area (TPSA) is 102 Å². The molecule has 7 nitrogen and oxygen atoms in total. The van der Waals surface area contributed by atoms with Gasteiger partial charge in [0, 0.05) is 16.6 Å². The minimum Gasteiger partial charge on any atom is -0.469 e. The number of carbonyl (C=O) groups is 2. The molecule has 0 radical (unpaired) electrons. The Balaban J connectivity index is 2.07. The molecular formula is C22H27BrN2O5S. The molecule has 0 heterocycles. The first kappa shape index (κ1) is 25.0. The van der Waals surface area contributed by atoms with Crippen molar-refractivity contribution in [1.29, 1.82) is 0 Å². The second kappa shape index (κ2) is 12.0. The number of ether oxygens (including phenoxy) is 1. The standard InChI is InChI=1S/C22H27BrN2O5S/c1-3-4-5-20(25-31(28,29)19-13-9-17(23)10-14-19)22(27)24-18-11-6-16(7-12-18)8-15-21(26)30-2/h6-7,9-14,20,25H,3-5,8,15H2,1-2H3,(H,24,27). The molecule has 2 aromatic carbocycles. The normalized spacial score (nSPS) is 12.2. The predicted octanol–water partition coefficient (Wildman–Crippen LogP) is 4.03. The Bertz CT molecular complexity index is 976. The van der Waals surface area contributed by atoms with Gasteiger partial charge in [0.25, 0.3) is 0 Å². The van der Waals surface area contributed by atoms with Gasteiger partial charge in [-0.15, -0.1) is 0 Å². The fraction of sp³-hybridized carbons (Fsp3) is 0.364. The Morgan fingerprint density at radius 2 is 1.71 bits per heavy atom. The number of halogens is 1. The van der Waals surface area contributed by atoms with Gasteiger partial charge in [0.05, 0.1) is 12.0 Å². The van der Waals surface area contributed by atoms with Crippen molar-refractivity contribution >= 4 is 43.5 Å². The summed E-state index contributed by atoms with van der Waals surface area (Å²) in [6, 6.07) is 12.4. The molecule has 2 rings (SSSR count). The minimum atomic E-state index is -3.84. The zero-order chi connectivity index (χ0) is 22.9. The summed E-state index contributed by atoms with van der Waals surface area (Å²) >= 11 is 3.28. The van der Waals surface area contributed by atoms with Gasteiger partial charge in [-0.25, -0.2) is 8.42 Å². The lowest BCUT2D eigenvalue weighted by Gasteiger charge is -2.18. The highest BCUT2D eigenvalue weighted by atomic mass is 79.9. The van der Waals surface area contributed by atoms with E-state index in [0.717, 1.165) is 16.5 Å². The summed E-state index contributed by atoms with van der Waals surface area (Å²) in [4.78, 5) is 24.2. The SMILES string of the molecule is CCCCC(NS(=O)(=O)c1ccc(Br)cc1)C(=O)Nc1ccc(CCC(=O)OC)cc1. The van der Waals surface area contributed by atoms with Gasteiger partial charge in [-0.05, 0) is 54.8 Å². The first-order valence-electron chi connectivity index (χ1n) is 9.99. The van der Waals surface area contributed by atoms with E-state index >= 15 is 0 Å². The van der Waals surface area contributed by atoms with E-state index in [2.05, 4.69) is 30.7 Å². The average molecular weight is 511 g/mol. The Morgan fingerprint density at radius 1 is 1.06 bits per heavy atom. The number of sulfonamides is 1. The van der Waals surface area contributed by atoms with Crippen LogP contribution in [0.25, 0.3) is 0 Å². The highest BCUT2D eigenvalue weighted by molar-refractivity contribution is 9.10. The smallest absolute Gasteiger partial charge is 0.305 e. The Morgan fingerprint density at radius 3 is 2.29 bits per heavy atom. The molecule has 1 atom stereocenters. The predicted molar refractivity (Wildman–Crippen MR) is 123 cm³/mol. The molecule has 0 bridgehead atoms. The highest BCUT2D eigenvalue weighted by Crippen LogP contribution is 2.17. The number of unbranched alkanes of at least 4 members (excludes halogenated alkanes) is 1. The molecule has 0 aliphatic carbocycles. The Hall–Kier alpha value is -2.23. The van der Waals surface area contributed by atoms with Gasteiger partial charge in [0.15, 0.2) is 0 Å². The molecule has 31 heavy (non-hydrogen) atoms. The van der Waals surface area contributed by atoms with E-state index in [1.54, 1.807) is 24.3 Å². The van der Waals surface area contributed by atoms with Gasteiger partial charge in [0.2, 0.25) is 15.9 Å². The van der Waals surface area contributed by atoms with Gasteiger partial charge >= 0.3 is 5.97 Å². The second-order valence-corrected chi connectivity index (χ2v) is 9.66. The Kier molecular flexibility index (Phi) is 9.67. The minimum absolute atomic E-state index is 0.0972. The summed E-state index contributed by atoms with van der Waals surface area (Å²) in [5.74, 6) is -0.703. The van der Waals surface area contributed by atoms with Crippen LogP contribution in [0.5, 0.6) is 0 Å². The maximum atomic E-state index is 12.8. The fourth-order valence-electron chi connectivity index (χ4n) is 2.85. The lowest BCUT2D eigenvalue weighted by atomic mass is 10.1. The number of anilines is 1. The number of hydrogen-bond acceptors (Lipinski definition) is 5. The summed E-state index contributed by atoms with van der Waals surface area (Å²) in [7, 11) is -2.50. The molecule has 0 spiro atoms. The molecule has 1 amide bonds. The molecule has 0 saturated heterocycles. The number of amides is 1. The third-order valence-corrected chi connectivity index (χ3v) is 6.67. The maximum Gasteiger partial charge on any atom is 0.305 e. The van der Waals surface area contributed by atoms with Crippen LogP contribution in [-0.2, 0) is 30.8 Å². The lowest BCUT2D eigenvalue weighted by Crippen LogP contribution is -2.43. The number of carbonyl (C=O) groups excluding carboxylic acids is 2. The van der Waals surface area contributed by atoms with Crippen LogP contribution >= 0.6 is 15.9 Å². The number of nitrogens with one attached hydrogen (secondary N) is 2. The quantitative estimate of drug-likeness (QED) is 0.444. The van der Waals surface area contributed by atoms with E-state index < -0.39 is 22.0 Å². The summed E-state index contributed by atoms with van der Waals surface area (Å²) in [6.45, 7) is 1.98. The van der Waals surface area contributed by atoms with Crippen LogP contribution < -0.4 is 10.0 Å². The average Bonchev–Trinajstić information content (AvgIpc) is 2.76. The second-order valence-electron chi connectivity index (χ2n) is 7.03. The third kappa shape index (κ3) is 8.08. The van der Waals surface area contributed by atoms with E-state index in [9.17, 15) is 18.0 Å². The van der Waals surface area contributed by atoms with Gasteiger partial charge in [-0.1, -0.05) is 47.8 Å². The summed E-state index contributed by atoms with van der Waals surface area (Å²) in [5.41, 5.74) is 1.48. The molecule has 0 aliphatic heterocycles. The van der Waals surface area contributed by atoms with Gasteiger partial charge in [0.1, 0.15) is 6.04 Å². The van der Waals surface area contributed by atoms with E-state index in [0.29, 0.717) is 24.9 Å². The molecular weight excluding hydrogens is 484 g/mol. The number of esters is 1. The van der Waals surface area contributed by atoms with Crippen LogP contribution in [0.15, 0.2) is 57.9 Å². The van der Waals surface area contributed by atoms with Crippen molar-refractivity contribution in [3.8, 4) is 0 Å². The highest BCUT2D eigenvalue weighted by Gasteiger charge is 2.25.